The molecule has 2 aromatic heterocycles. The van der Waals surface area contributed by atoms with Crippen LogP contribution in [0.1, 0.15) is 34.4 Å². The van der Waals surface area contributed by atoms with Gasteiger partial charge in [-0.15, -0.1) is 11.3 Å². The van der Waals surface area contributed by atoms with Crippen LogP contribution in [0.25, 0.3) is 60.5 Å². The molecule has 0 saturated carbocycles. The van der Waals surface area contributed by atoms with Crippen LogP contribution in [0, 0.1) is 0 Å². The summed E-state index contributed by atoms with van der Waals surface area (Å²) < 4.78 is 3.96. The second-order valence-corrected chi connectivity index (χ2v) is 10.6. The number of thiophene rings is 1. The molecule has 2 aliphatic carbocycles. The van der Waals surface area contributed by atoms with Gasteiger partial charge >= 0.3 is 0 Å². The van der Waals surface area contributed by atoms with Gasteiger partial charge in [0.2, 0.25) is 0 Å². The van der Waals surface area contributed by atoms with E-state index in [1.807, 2.05) is 11.3 Å². The van der Waals surface area contributed by atoms with Crippen LogP contribution in [0.3, 0.4) is 0 Å². The quantitative estimate of drug-likeness (QED) is 0.234. The first-order valence-corrected chi connectivity index (χ1v) is 13.0. The molecule has 4 aromatic carbocycles. The van der Waals surface area contributed by atoms with Gasteiger partial charge in [-0.25, -0.2) is 0 Å². The summed E-state index contributed by atoms with van der Waals surface area (Å²) >= 11 is 1.97. The van der Waals surface area contributed by atoms with Crippen LogP contribution < -0.4 is 0 Å². The molecule has 0 amide bonds. The normalized spacial score (nSPS) is 14.9. The highest BCUT2D eigenvalue weighted by Crippen LogP contribution is 2.45. The second-order valence-electron chi connectivity index (χ2n) is 9.56. The van der Waals surface area contributed by atoms with Crippen molar-refractivity contribution in [3.05, 3.63) is 100 Å². The van der Waals surface area contributed by atoms with Crippen LogP contribution in [-0.2, 0) is 12.8 Å². The van der Waals surface area contributed by atoms with Crippen molar-refractivity contribution < 1.29 is 0 Å². The van der Waals surface area contributed by atoms with Gasteiger partial charge in [-0.1, -0.05) is 66.8 Å². The summed E-state index contributed by atoms with van der Waals surface area (Å²) in [6, 6.07) is 25.1. The first-order valence-electron chi connectivity index (χ1n) is 12.2. The van der Waals surface area contributed by atoms with Gasteiger partial charge in [0.15, 0.2) is 0 Å². The Labute approximate surface area is 202 Å². The lowest BCUT2D eigenvalue weighted by Crippen LogP contribution is -1.97. The summed E-state index contributed by atoms with van der Waals surface area (Å²) in [4.78, 5) is 1.44. The summed E-state index contributed by atoms with van der Waals surface area (Å²) in [5.41, 5.74) is 8.33. The van der Waals surface area contributed by atoms with Crippen molar-refractivity contribution in [2.45, 2.75) is 25.7 Å². The van der Waals surface area contributed by atoms with Crippen molar-refractivity contribution in [1.29, 1.82) is 0 Å². The van der Waals surface area contributed by atoms with E-state index in [0.29, 0.717) is 0 Å². The van der Waals surface area contributed by atoms with Crippen molar-refractivity contribution in [3.8, 4) is 5.69 Å². The zero-order valence-corrected chi connectivity index (χ0v) is 19.7. The minimum absolute atomic E-state index is 1.13. The molecule has 0 aliphatic heterocycles. The first-order chi connectivity index (χ1) is 16.9. The fourth-order valence-corrected chi connectivity index (χ4v) is 7.44. The lowest BCUT2D eigenvalue weighted by molar-refractivity contribution is 0.989. The molecule has 8 rings (SSSR count). The van der Waals surface area contributed by atoms with Crippen LogP contribution in [0.2, 0.25) is 0 Å². The van der Waals surface area contributed by atoms with Crippen LogP contribution in [0.15, 0.2) is 78.9 Å². The van der Waals surface area contributed by atoms with E-state index < -0.39 is 0 Å². The van der Waals surface area contributed by atoms with Gasteiger partial charge in [0.05, 0.1) is 15.7 Å². The zero-order chi connectivity index (χ0) is 22.2. The van der Waals surface area contributed by atoms with Crippen molar-refractivity contribution in [2.75, 3.05) is 0 Å². The summed E-state index contributed by atoms with van der Waals surface area (Å²) in [5, 5.41) is 6.79. The molecule has 0 bridgehead atoms. The summed E-state index contributed by atoms with van der Waals surface area (Å²) in [7, 11) is 0. The number of benzene rings is 4. The molecule has 0 fully saturated rings. The Bertz CT molecular complexity index is 1860. The SMILES string of the molecule is C1=Cc2c(ccc3c2c2ccc4c5c(sc4c2n3-c2ccc3ccccc3c2)C=CCC5)CC1. The Morgan fingerprint density at radius 3 is 2.56 bits per heavy atom. The number of hydrogen-bond acceptors (Lipinski definition) is 1. The Morgan fingerprint density at radius 1 is 0.735 bits per heavy atom. The van der Waals surface area contributed by atoms with Gasteiger partial charge in [-0.05, 0) is 82.8 Å². The van der Waals surface area contributed by atoms with Gasteiger partial charge in [0.1, 0.15) is 0 Å². The van der Waals surface area contributed by atoms with Gasteiger partial charge in [-0.2, -0.15) is 0 Å². The van der Waals surface area contributed by atoms with Gasteiger partial charge < -0.3 is 4.57 Å². The highest BCUT2D eigenvalue weighted by molar-refractivity contribution is 7.21. The molecule has 0 spiro atoms. The standard InChI is InChI=1S/C32H23NS/c1-2-9-22-19-23(15-13-20(22)7-1)33-28-18-14-21-8-3-4-10-24(21)30(28)27-17-16-26-25-11-5-6-12-29(25)34-32(26)31(27)33/h1-2,4,6-7,9-10,12-19H,3,5,8,11H2. The molecule has 2 heterocycles. The summed E-state index contributed by atoms with van der Waals surface area (Å²) in [5.74, 6) is 0. The molecule has 2 aliphatic rings. The number of rotatable bonds is 1. The lowest BCUT2D eigenvalue weighted by Gasteiger charge is -2.13. The Kier molecular flexibility index (Phi) is 3.83. The molecule has 0 atom stereocenters. The number of hydrogen-bond donors (Lipinski definition) is 0. The largest absolute Gasteiger partial charge is 0.308 e. The van der Waals surface area contributed by atoms with Crippen molar-refractivity contribution in [3.63, 3.8) is 0 Å². The molecule has 34 heavy (non-hydrogen) atoms. The van der Waals surface area contributed by atoms with Crippen LogP contribution in [0.5, 0.6) is 0 Å². The van der Waals surface area contributed by atoms with Gasteiger partial charge in [0, 0.05) is 21.3 Å². The number of nitrogens with zero attached hydrogens (tertiary/aromatic N) is 1. The molecule has 6 aromatic rings. The minimum Gasteiger partial charge on any atom is -0.308 e. The molecule has 0 unspecified atom stereocenters. The van der Waals surface area contributed by atoms with E-state index in [0.717, 1.165) is 25.7 Å². The maximum Gasteiger partial charge on any atom is 0.0719 e. The minimum atomic E-state index is 1.13. The smallest absolute Gasteiger partial charge is 0.0719 e. The number of aromatic nitrogens is 1. The van der Waals surface area contributed by atoms with Gasteiger partial charge in [-0.3, -0.25) is 0 Å². The average molecular weight is 454 g/mol. The molecule has 0 saturated heterocycles. The summed E-state index contributed by atoms with van der Waals surface area (Å²) in [6.07, 6.45) is 13.9. The van der Waals surface area contributed by atoms with E-state index in [1.54, 1.807) is 0 Å². The first kappa shape index (κ1) is 18.8. The van der Waals surface area contributed by atoms with E-state index in [2.05, 4.69) is 95.6 Å². The fourth-order valence-electron chi connectivity index (χ4n) is 6.12. The third kappa shape index (κ3) is 2.49. The maximum atomic E-state index is 2.54. The number of allylic oxidation sites excluding steroid dienone is 2. The van der Waals surface area contributed by atoms with E-state index in [9.17, 15) is 0 Å². The third-order valence-corrected chi connectivity index (χ3v) is 8.92. The van der Waals surface area contributed by atoms with Crippen molar-refractivity contribution >= 4 is 66.2 Å². The predicted octanol–water partition coefficient (Wildman–Crippen LogP) is 9.07. The van der Waals surface area contributed by atoms with Gasteiger partial charge in [0.25, 0.3) is 0 Å². The Balaban J connectivity index is 1.58. The maximum absolute atomic E-state index is 2.54. The van der Waals surface area contributed by atoms with Crippen LogP contribution in [0.4, 0.5) is 0 Å². The average Bonchev–Trinajstić information content (AvgIpc) is 3.44. The van der Waals surface area contributed by atoms with Crippen molar-refractivity contribution in [2.24, 2.45) is 0 Å². The highest BCUT2D eigenvalue weighted by Gasteiger charge is 2.22. The van der Waals surface area contributed by atoms with Crippen LogP contribution in [-0.4, -0.2) is 4.57 Å². The highest BCUT2D eigenvalue weighted by atomic mass is 32.1. The topological polar surface area (TPSA) is 4.93 Å². The van der Waals surface area contributed by atoms with E-state index in [1.165, 1.54) is 69.9 Å². The predicted molar refractivity (Wildman–Crippen MR) is 148 cm³/mol. The van der Waals surface area contributed by atoms with E-state index in [4.69, 9.17) is 0 Å². The molecular weight excluding hydrogens is 430 g/mol. The summed E-state index contributed by atoms with van der Waals surface area (Å²) in [6.45, 7) is 0. The molecule has 1 nitrogen and oxygen atoms in total. The fraction of sp³-hybridized carbons (Fsp3) is 0.125. The molecule has 0 radical (unpaired) electrons. The Hall–Kier alpha value is -3.62. The van der Waals surface area contributed by atoms with Crippen molar-refractivity contribution in [1.82, 2.24) is 4.57 Å². The molecular formula is C32H23NS. The number of fused-ring (bicyclic) bond motifs is 10. The monoisotopic (exact) mass is 453 g/mol. The lowest BCUT2D eigenvalue weighted by atomic mass is 9.93. The van der Waals surface area contributed by atoms with Crippen LogP contribution >= 0.6 is 11.3 Å². The zero-order valence-electron chi connectivity index (χ0n) is 18.8. The second kappa shape index (κ2) is 6.94. The number of aryl methyl sites for hydroxylation is 2. The van der Waals surface area contributed by atoms with E-state index in [-0.39, 0.29) is 0 Å². The third-order valence-electron chi connectivity index (χ3n) is 7.70. The molecule has 0 N–H and O–H groups in total. The Morgan fingerprint density at radius 2 is 1.59 bits per heavy atom. The van der Waals surface area contributed by atoms with E-state index >= 15 is 0 Å². The molecule has 2 heteroatoms. The molecule has 162 valence electrons.